The van der Waals surface area contributed by atoms with Gasteiger partial charge in [0.15, 0.2) is 0 Å². The van der Waals surface area contributed by atoms with Crippen molar-refractivity contribution in [1.29, 1.82) is 0 Å². The molecule has 2 aliphatic rings. The zero-order chi connectivity index (χ0) is 37.1. The van der Waals surface area contributed by atoms with Crippen LogP contribution in [0.15, 0.2) is 224 Å². The van der Waals surface area contributed by atoms with E-state index in [2.05, 4.69) is 224 Å². The van der Waals surface area contributed by atoms with E-state index in [1.54, 1.807) is 0 Å². The molecule has 0 aliphatic heterocycles. The fourth-order valence-corrected chi connectivity index (χ4v) is 10.00. The second-order valence-corrected chi connectivity index (χ2v) is 15.0. The highest BCUT2D eigenvalue weighted by molar-refractivity contribution is 5.92. The summed E-state index contributed by atoms with van der Waals surface area (Å²) in [5.41, 5.74) is 18.4. The van der Waals surface area contributed by atoms with Crippen molar-refractivity contribution < 1.29 is 0 Å². The van der Waals surface area contributed by atoms with E-state index in [0.717, 1.165) is 33.6 Å². The van der Waals surface area contributed by atoms with Gasteiger partial charge in [-0.2, -0.15) is 0 Å². The van der Waals surface area contributed by atoms with E-state index >= 15 is 0 Å². The maximum atomic E-state index is 5.21. The Morgan fingerprint density at radius 1 is 0.268 bits per heavy atom. The monoisotopic (exact) mass is 711 g/mol. The minimum absolute atomic E-state index is 0.476. The smallest absolute Gasteiger partial charge is 0.0720 e. The summed E-state index contributed by atoms with van der Waals surface area (Å²) in [5, 5.41) is 0. The molecule has 0 saturated heterocycles. The van der Waals surface area contributed by atoms with E-state index in [9.17, 15) is 0 Å². The molecular weight excluding hydrogens is 675 g/mol. The molecule has 1 heteroatoms. The first-order chi connectivity index (χ1) is 27.8. The normalized spacial score (nSPS) is 17.4. The Kier molecular flexibility index (Phi) is 7.37. The quantitative estimate of drug-likeness (QED) is 0.167. The first-order valence-electron chi connectivity index (χ1n) is 19.5. The molecule has 1 nitrogen and oxygen atoms in total. The van der Waals surface area contributed by atoms with Gasteiger partial charge in [-0.1, -0.05) is 206 Å². The SMILES string of the molecule is c1ccc(-c2cc(-c3cccc(C4(c5ccccc5)c5ccccc5C5(c6ccccc6)c6ccccc6-c6cccc4c65)c3)cc(-c3ccccc3)n2)cc1. The standard InChI is InChI=1S/C55H37N/c1-5-19-38(20-6-1)51-36-41(37-52(56-51)39-21-7-2-8-22-39)40-23-17-28-44(35-40)54(42-24-9-3-10-25-42)48-32-15-16-33-49(48)55(43-26-11-4-12-27-43)47-31-14-13-29-45(47)46-30-18-34-50(54)53(46)55/h1-37H. The lowest BCUT2D eigenvalue weighted by Crippen LogP contribution is -2.44. The van der Waals surface area contributed by atoms with Crippen LogP contribution in [0.5, 0.6) is 0 Å². The van der Waals surface area contributed by atoms with E-state index in [4.69, 9.17) is 4.98 Å². The number of aromatic nitrogens is 1. The van der Waals surface area contributed by atoms with Gasteiger partial charge in [-0.05, 0) is 85.0 Å². The Labute approximate surface area is 328 Å². The molecule has 1 heterocycles. The van der Waals surface area contributed by atoms with Crippen LogP contribution in [0.4, 0.5) is 0 Å². The van der Waals surface area contributed by atoms with Gasteiger partial charge in [0, 0.05) is 11.1 Å². The summed E-state index contributed by atoms with van der Waals surface area (Å²) < 4.78 is 0. The number of benzene rings is 8. The predicted molar refractivity (Wildman–Crippen MR) is 230 cm³/mol. The van der Waals surface area contributed by atoms with E-state index in [0.29, 0.717) is 0 Å². The average Bonchev–Trinajstić information content (AvgIpc) is 3.60. The molecule has 8 aromatic carbocycles. The minimum Gasteiger partial charge on any atom is -0.248 e. The van der Waals surface area contributed by atoms with Crippen LogP contribution >= 0.6 is 0 Å². The maximum Gasteiger partial charge on any atom is 0.0720 e. The van der Waals surface area contributed by atoms with Gasteiger partial charge in [-0.15, -0.1) is 0 Å². The summed E-state index contributed by atoms with van der Waals surface area (Å²) in [6, 6.07) is 82.6. The Hall–Kier alpha value is -7.09. The van der Waals surface area contributed by atoms with E-state index in [1.807, 2.05) is 0 Å². The second-order valence-electron chi connectivity index (χ2n) is 15.0. The fraction of sp³-hybridized carbons (Fsp3) is 0.0364. The molecule has 56 heavy (non-hydrogen) atoms. The van der Waals surface area contributed by atoms with Crippen molar-refractivity contribution in [2.75, 3.05) is 0 Å². The number of pyridine rings is 1. The van der Waals surface area contributed by atoms with E-state index in [1.165, 1.54) is 55.6 Å². The third-order valence-corrected chi connectivity index (χ3v) is 12.2. The zero-order valence-corrected chi connectivity index (χ0v) is 30.8. The summed E-state index contributed by atoms with van der Waals surface area (Å²) in [4.78, 5) is 5.21. The fourth-order valence-electron chi connectivity index (χ4n) is 10.00. The third-order valence-electron chi connectivity index (χ3n) is 12.2. The number of rotatable bonds is 6. The lowest BCUT2D eigenvalue weighted by Gasteiger charge is -2.49. The van der Waals surface area contributed by atoms with Crippen LogP contribution in [0.1, 0.15) is 44.5 Å². The molecule has 0 saturated carbocycles. The molecule has 0 radical (unpaired) electrons. The van der Waals surface area contributed by atoms with E-state index < -0.39 is 10.8 Å². The van der Waals surface area contributed by atoms with E-state index in [-0.39, 0.29) is 0 Å². The van der Waals surface area contributed by atoms with Gasteiger partial charge < -0.3 is 0 Å². The molecule has 2 unspecified atom stereocenters. The zero-order valence-electron chi connectivity index (χ0n) is 30.8. The Balaban J connectivity index is 1.23. The molecule has 1 aromatic heterocycles. The summed E-state index contributed by atoms with van der Waals surface area (Å²) in [5.74, 6) is 0. The molecule has 0 N–H and O–H groups in total. The van der Waals surface area contributed by atoms with Gasteiger partial charge in [0.1, 0.15) is 0 Å². The van der Waals surface area contributed by atoms with Crippen molar-refractivity contribution in [3.63, 3.8) is 0 Å². The van der Waals surface area contributed by atoms with Crippen molar-refractivity contribution in [1.82, 2.24) is 4.98 Å². The highest BCUT2D eigenvalue weighted by Crippen LogP contribution is 2.65. The number of fused-ring (bicyclic) bond motifs is 5. The van der Waals surface area contributed by atoms with Crippen molar-refractivity contribution in [3.8, 4) is 44.8 Å². The average molecular weight is 712 g/mol. The molecular formula is C55H37N. The summed E-state index contributed by atoms with van der Waals surface area (Å²) in [7, 11) is 0. The molecule has 0 amide bonds. The number of hydrogen-bond acceptors (Lipinski definition) is 1. The van der Waals surface area contributed by atoms with Crippen molar-refractivity contribution in [3.05, 3.63) is 269 Å². The van der Waals surface area contributed by atoms with Gasteiger partial charge in [-0.3, -0.25) is 0 Å². The minimum atomic E-state index is -0.614. The van der Waals surface area contributed by atoms with Crippen LogP contribution in [0.25, 0.3) is 44.8 Å². The second kappa shape index (κ2) is 12.8. The van der Waals surface area contributed by atoms with Crippen LogP contribution in [0.2, 0.25) is 0 Å². The van der Waals surface area contributed by atoms with Crippen molar-refractivity contribution in [2.24, 2.45) is 0 Å². The number of hydrogen-bond donors (Lipinski definition) is 0. The Bertz CT molecular complexity index is 2840. The van der Waals surface area contributed by atoms with Gasteiger partial charge >= 0.3 is 0 Å². The van der Waals surface area contributed by atoms with Gasteiger partial charge in [0.05, 0.1) is 22.2 Å². The molecule has 11 rings (SSSR count). The molecule has 9 aromatic rings. The van der Waals surface area contributed by atoms with Crippen molar-refractivity contribution in [2.45, 2.75) is 10.8 Å². The maximum absolute atomic E-state index is 5.21. The molecule has 2 atom stereocenters. The van der Waals surface area contributed by atoms with Gasteiger partial charge in [-0.25, -0.2) is 4.98 Å². The largest absolute Gasteiger partial charge is 0.248 e. The first kappa shape index (κ1) is 32.3. The van der Waals surface area contributed by atoms with Crippen LogP contribution in [-0.4, -0.2) is 4.98 Å². The first-order valence-corrected chi connectivity index (χ1v) is 19.5. The van der Waals surface area contributed by atoms with Crippen LogP contribution in [0.3, 0.4) is 0 Å². The third kappa shape index (κ3) is 4.58. The lowest BCUT2D eigenvalue weighted by atomic mass is 9.51. The van der Waals surface area contributed by atoms with Crippen LogP contribution in [-0.2, 0) is 10.8 Å². The van der Waals surface area contributed by atoms with Gasteiger partial charge in [0.25, 0.3) is 0 Å². The Morgan fingerprint density at radius 3 is 1.32 bits per heavy atom. The summed E-state index contributed by atoms with van der Waals surface area (Å²) >= 11 is 0. The molecule has 262 valence electrons. The predicted octanol–water partition coefficient (Wildman–Crippen LogP) is 13.1. The Morgan fingerprint density at radius 2 is 0.696 bits per heavy atom. The van der Waals surface area contributed by atoms with Crippen LogP contribution in [0, 0.1) is 0 Å². The molecule has 0 spiro atoms. The molecule has 2 aliphatic carbocycles. The van der Waals surface area contributed by atoms with Gasteiger partial charge in [0.2, 0.25) is 0 Å². The summed E-state index contributed by atoms with van der Waals surface area (Å²) in [6.45, 7) is 0. The molecule has 0 bridgehead atoms. The lowest BCUT2D eigenvalue weighted by molar-refractivity contribution is 0.627. The van der Waals surface area contributed by atoms with Crippen molar-refractivity contribution >= 4 is 0 Å². The topological polar surface area (TPSA) is 12.9 Å². The summed E-state index contributed by atoms with van der Waals surface area (Å²) in [6.07, 6.45) is 0. The highest BCUT2D eigenvalue weighted by Gasteiger charge is 2.57. The number of nitrogens with zero attached hydrogens (tertiary/aromatic N) is 1. The molecule has 0 fully saturated rings. The van der Waals surface area contributed by atoms with Crippen LogP contribution < -0.4 is 0 Å². The highest BCUT2D eigenvalue weighted by atomic mass is 14.7.